The van der Waals surface area contributed by atoms with Crippen molar-refractivity contribution in [3.63, 3.8) is 0 Å². The molecule has 0 aliphatic carbocycles. The van der Waals surface area contributed by atoms with Gasteiger partial charge in [-0.05, 0) is 24.1 Å². The van der Waals surface area contributed by atoms with Gasteiger partial charge in [-0.15, -0.1) is 0 Å². The molecule has 5 heteroatoms. The molecule has 96 valence electrons. The highest BCUT2D eigenvalue weighted by molar-refractivity contribution is 9.10. The van der Waals surface area contributed by atoms with Crippen LogP contribution < -0.4 is 4.74 Å². The number of aliphatic hydroxyl groups excluding tert-OH is 1. The fourth-order valence-electron chi connectivity index (χ4n) is 1.89. The van der Waals surface area contributed by atoms with Crippen LogP contribution in [0, 0.1) is 6.92 Å². The van der Waals surface area contributed by atoms with Crippen LogP contribution >= 0.6 is 15.9 Å². The van der Waals surface area contributed by atoms with Crippen LogP contribution in [0.15, 0.2) is 28.9 Å². The van der Waals surface area contributed by atoms with Crippen LogP contribution in [0.25, 0.3) is 0 Å². The molecule has 0 fully saturated rings. The van der Waals surface area contributed by atoms with Gasteiger partial charge in [0.25, 0.3) is 0 Å². The van der Waals surface area contributed by atoms with Gasteiger partial charge in [0.15, 0.2) is 5.75 Å². The molecule has 1 N–H and O–H groups in total. The van der Waals surface area contributed by atoms with Gasteiger partial charge in [-0.2, -0.15) is 5.10 Å². The lowest BCUT2D eigenvalue weighted by molar-refractivity contribution is 0.204. The standard InChI is InChI=1S/C13H15BrN2O2/c1-8-6-9(4-5-10(8)14)13(17)12-11(18-3)7-15-16(12)2/h4-7,13,17H,1-3H3. The van der Waals surface area contributed by atoms with Gasteiger partial charge in [-0.25, -0.2) is 0 Å². The van der Waals surface area contributed by atoms with E-state index >= 15 is 0 Å². The van der Waals surface area contributed by atoms with E-state index in [1.165, 1.54) is 0 Å². The van der Waals surface area contributed by atoms with Crippen molar-refractivity contribution in [2.45, 2.75) is 13.0 Å². The lowest BCUT2D eigenvalue weighted by Gasteiger charge is -2.14. The normalized spacial score (nSPS) is 12.5. The first-order valence-corrected chi connectivity index (χ1v) is 6.34. The lowest BCUT2D eigenvalue weighted by atomic mass is 10.0. The third-order valence-electron chi connectivity index (χ3n) is 2.93. The average Bonchev–Trinajstić information content (AvgIpc) is 2.73. The summed E-state index contributed by atoms with van der Waals surface area (Å²) in [5, 5.41) is 14.5. The fourth-order valence-corrected chi connectivity index (χ4v) is 2.14. The second-order valence-corrected chi connectivity index (χ2v) is 4.99. The van der Waals surface area contributed by atoms with Gasteiger partial charge in [-0.3, -0.25) is 4.68 Å². The van der Waals surface area contributed by atoms with Crippen LogP contribution in [0.2, 0.25) is 0 Å². The maximum absolute atomic E-state index is 10.4. The van der Waals surface area contributed by atoms with Gasteiger partial charge in [0, 0.05) is 11.5 Å². The van der Waals surface area contributed by atoms with E-state index in [-0.39, 0.29) is 0 Å². The number of methoxy groups -OCH3 is 1. The molecule has 0 bridgehead atoms. The summed E-state index contributed by atoms with van der Waals surface area (Å²) in [5.41, 5.74) is 2.55. The van der Waals surface area contributed by atoms with E-state index in [2.05, 4.69) is 21.0 Å². The Labute approximate surface area is 114 Å². The topological polar surface area (TPSA) is 47.3 Å². The molecule has 1 unspecified atom stereocenters. The van der Waals surface area contributed by atoms with E-state index in [4.69, 9.17) is 4.74 Å². The van der Waals surface area contributed by atoms with Gasteiger partial charge in [0.2, 0.25) is 0 Å². The second-order valence-electron chi connectivity index (χ2n) is 4.13. The summed E-state index contributed by atoms with van der Waals surface area (Å²) in [4.78, 5) is 0. The molecule has 18 heavy (non-hydrogen) atoms. The molecule has 2 aromatic rings. The molecule has 1 atom stereocenters. The maximum Gasteiger partial charge on any atom is 0.162 e. The monoisotopic (exact) mass is 310 g/mol. The predicted octanol–water partition coefficient (Wildman–Crippen LogP) is 2.58. The summed E-state index contributed by atoms with van der Waals surface area (Å²) in [6, 6.07) is 5.76. The summed E-state index contributed by atoms with van der Waals surface area (Å²) < 4.78 is 7.86. The predicted molar refractivity (Wildman–Crippen MR) is 72.7 cm³/mol. The minimum absolute atomic E-state index is 0.588. The van der Waals surface area contributed by atoms with Crippen molar-refractivity contribution in [3.8, 4) is 5.75 Å². The van der Waals surface area contributed by atoms with Crippen molar-refractivity contribution >= 4 is 15.9 Å². The van der Waals surface area contributed by atoms with E-state index < -0.39 is 6.10 Å². The molecule has 1 aromatic heterocycles. The van der Waals surface area contributed by atoms with Gasteiger partial charge >= 0.3 is 0 Å². The molecule has 1 heterocycles. The third kappa shape index (κ3) is 2.28. The highest BCUT2D eigenvalue weighted by Crippen LogP contribution is 2.30. The van der Waals surface area contributed by atoms with Crippen LogP contribution in [0.5, 0.6) is 5.75 Å². The number of benzene rings is 1. The second kappa shape index (κ2) is 5.12. The van der Waals surface area contributed by atoms with E-state index in [9.17, 15) is 5.11 Å². The molecule has 0 radical (unpaired) electrons. The molecule has 0 spiro atoms. The summed E-state index contributed by atoms with van der Waals surface area (Å²) in [5.74, 6) is 0.588. The summed E-state index contributed by atoms with van der Waals surface area (Å²) >= 11 is 3.45. The number of halogens is 1. The number of aryl methyl sites for hydroxylation is 2. The summed E-state index contributed by atoms with van der Waals surface area (Å²) in [7, 11) is 3.35. The molecular formula is C13H15BrN2O2. The zero-order valence-corrected chi connectivity index (χ0v) is 12.1. The van der Waals surface area contributed by atoms with Gasteiger partial charge in [0.05, 0.1) is 13.3 Å². The molecule has 0 aliphatic rings. The van der Waals surface area contributed by atoms with Crippen LogP contribution in [0.4, 0.5) is 0 Å². The Balaban J connectivity index is 2.44. The SMILES string of the molecule is COc1cnn(C)c1C(O)c1ccc(Br)c(C)c1. The number of rotatable bonds is 3. The average molecular weight is 311 g/mol. The zero-order valence-electron chi connectivity index (χ0n) is 10.5. The Hall–Kier alpha value is -1.33. The Morgan fingerprint density at radius 2 is 2.17 bits per heavy atom. The Morgan fingerprint density at radius 3 is 2.78 bits per heavy atom. The molecule has 0 saturated carbocycles. The van der Waals surface area contributed by atoms with Crippen molar-refractivity contribution in [2.24, 2.45) is 7.05 Å². The summed E-state index contributed by atoms with van der Waals surface area (Å²) in [6.07, 6.45) is 0.851. The molecule has 0 aliphatic heterocycles. The number of aliphatic hydroxyl groups is 1. The number of aromatic nitrogens is 2. The van der Waals surface area contributed by atoms with E-state index in [0.29, 0.717) is 11.4 Å². The van der Waals surface area contributed by atoms with Crippen LogP contribution in [-0.2, 0) is 7.05 Å². The van der Waals surface area contributed by atoms with Crippen LogP contribution in [0.1, 0.15) is 22.9 Å². The largest absolute Gasteiger partial charge is 0.493 e. The Bertz CT molecular complexity index is 566. The minimum atomic E-state index is -0.751. The van der Waals surface area contributed by atoms with Crippen molar-refractivity contribution in [2.75, 3.05) is 7.11 Å². The molecule has 0 amide bonds. The quantitative estimate of drug-likeness (QED) is 0.948. The van der Waals surface area contributed by atoms with Crippen molar-refractivity contribution in [1.82, 2.24) is 9.78 Å². The van der Waals surface area contributed by atoms with Gasteiger partial charge < -0.3 is 9.84 Å². The first-order valence-electron chi connectivity index (χ1n) is 5.54. The third-order valence-corrected chi connectivity index (χ3v) is 3.82. The van der Waals surface area contributed by atoms with Crippen molar-refractivity contribution < 1.29 is 9.84 Å². The van der Waals surface area contributed by atoms with Crippen molar-refractivity contribution in [3.05, 3.63) is 45.7 Å². The summed E-state index contributed by atoms with van der Waals surface area (Å²) in [6.45, 7) is 1.99. The zero-order chi connectivity index (χ0) is 13.3. The van der Waals surface area contributed by atoms with E-state index in [0.717, 1.165) is 15.6 Å². The molecule has 2 rings (SSSR count). The minimum Gasteiger partial charge on any atom is -0.493 e. The smallest absolute Gasteiger partial charge is 0.162 e. The van der Waals surface area contributed by atoms with Gasteiger partial charge in [-0.1, -0.05) is 28.1 Å². The maximum atomic E-state index is 10.4. The Morgan fingerprint density at radius 1 is 1.44 bits per heavy atom. The fraction of sp³-hybridized carbons (Fsp3) is 0.308. The number of ether oxygens (including phenoxy) is 1. The molecule has 1 aromatic carbocycles. The molecular weight excluding hydrogens is 296 g/mol. The Kier molecular flexibility index (Phi) is 3.73. The highest BCUT2D eigenvalue weighted by atomic mass is 79.9. The number of hydrogen-bond acceptors (Lipinski definition) is 3. The molecule has 4 nitrogen and oxygen atoms in total. The van der Waals surface area contributed by atoms with Crippen molar-refractivity contribution in [1.29, 1.82) is 0 Å². The first kappa shape index (κ1) is 13.1. The van der Waals surface area contributed by atoms with Gasteiger partial charge in [0.1, 0.15) is 11.8 Å². The first-order chi connectivity index (χ1) is 8.54. The number of hydrogen-bond donors (Lipinski definition) is 1. The molecule has 0 saturated heterocycles. The van der Waals surface area contributed by atoms with Crippen LogP contribution in [-0.4, -0.2) is 22.0 Å². The lowest BCUT2D eigenvalue weighted by Crippen LogP contribution is -2.08. The van der Waals surface area contributed by atoms with E-state index in [1.54, 1.807) is 25.0 Å². The van der Waals surface area contributed by atoms with Crippen LogP contribution in [0.3, 0.4) is 0 Å². The number of nitrogens with zero attached hydrogens (tertiary/aromatic N) is 2. The highest BCUT2D eigenvalue weighted by Gasteiger charge is 2.20. The van der Waals surface area contributed by atoms with E-state index in [1.807, 2.05) is 25.1 Å².